The van der Waals surface area contributed by atoms with Gasteiger partial charge in [0.25, 0.3) is 0 Å². The number of hydrogen-bond acceptors (Lipinski definition) is 4. The van der Waals surface area contributed by atoms with Crippen molar-refractivity contribution < 1.29 is 13.2 Å². The molecule has 0 fully saturated rings. The van der Waals surface area contributed by atoms with Gasteiger partial charge < -0.3 is 0 Å². The molecule has 0 aliphatic carbocycles. The molecular formula is C11H5ClF3N5. The molecule has 0 radical (unpaired) electrons. The molecule has 0 N–H and O–H groups in total. The summed E-state index contributed by atoms with van der Waals surface area (Å²) in [5.41, 5.74) is -0.418. The van der Waals surface area contributed by atoms with Crippen LogP contribution in [0, 0.1) is 0 Å². The minimum atomic E-state index is -4.53. The highest BCUT2D eigenvalue weighted by molar-refractivity contribution is 6.29. The fourth-order valence-corrected chi connectivity index (χ4v) is 1.81. The number of pyridine rings is 1. The van der Waals surface area contributed by atoms with E-state index in [2.05, 4.69) is 20.3 Å². The van der Waals surface area contributed by atoms with E-state index >= 15 is 0 Å². The number of halogens is 4. The number of fused-ring (bicyclic) bond motifs is 1. The van der Waals surface area contributed by atoms with Crippen LogP contribution in [0.2, 0.25) is 5.15 Å². The van der Waals surface area contributed by atoms with Crippen molar-refractivity contribution >= 4 is 17.2 Å². The van der Waals surface area contributed by atoms with Gasteiger partial charge in [0.05, 0.1) is 0 Å². The summed E-state index contributed by atoms with van der Waals surface area (Å²) < 4.78 is 39.2. The molecule has 0 unspecified atom stereocenters. The van der Waals surface area contributed by atoms with E-state index in [0.717, 1.165) is 12.3 Å². The van der Waals surface area contributed by atoms with E-state index < -0.39 is 11.9 Å². The van der Waals surface area contributed by atoms with Crippen molar-refractivity contribution in [1.82, 2.24) is 24.8 Å². The van der Waals surface area contributed by atoms with Crippen LogP contribution in [0.4, 0.5) is 13.2 Å². The van der Waals surface area contributed by atoms with Crippen LogP contribution >= 0.6 is 11.6 Å². The summed E-state index contributed by atoms with van der Waals surface area (Å²) in [5, 5.41) is 11.8. The summed E-state index contributed by atoms with van der Waals surface area (Å²) in [6, 6.07) is 5.37. The van der Waals surface area contributed by atoms with Crippen molar-refractivity contribution in [3.63, 3.8) is 0 Å². The Morgan fingerprint density at radius 3 is 2.65 bits per heavy atom. The van der Waals surface area contributed by atoms with E-state index in [-0.39, 0.29) is 16.5 Å². The molecule has 5 nitrogen and oxygen atoms in total. The van der Waals surface area contributed by atoms with Gasteiger partial charge in [0.15, 0.2) is 11.5 Å². The zero-order chi connectivity index (χ0) is 14.3. The third-order valence-corrected chi connectivity index (χ3v) is 2.74. The maximum Gasteiger partial charge on any atom is 0.433 e. The van der Waals surface area contributed by atoms with Crippen LogP contribution < -0.4 is 0 Å². The largest absolute Gasteiger partial charge is 0.433 e. The van der Waals surface area contributed by atoms with E-state index in [9.17, 15) is 13.2 Å². The first-order valence-corrected chi connectivity index (χ1v) is 5.74. The zero-order valence-electron chi connectivity index (χ0n) is 9.63. The molecule has 0 saturated carbocycles. The van der Waals surface area contributed by atoms with Crippen molar-refractivity contribution in [3.8, 4) is 11.4 Å². The summed E-state index contributed by atoms with van der Waals surface area (Å²) in [7, 11) is 0. The van der Waals surface area contributed by atoms with Crippen molar-refractivity contribution in [2.24, 2.45) is 0 Å². The van der Waals surface area contributed by atoms with Crippen LogP contribution in [0.15, 0.2) is 30.5 Å². The van der Waals surface area contributed by atoms with Gasteiger partial charge in [-0.2, -0.15) is 22.8 Å². The van der Waals surface area contributed by atoms with E-state index in [1.807, 2.05) is 0 Å². The molecule has 3 aromatic heterocycles. The lowest BCUT2D eigenvalue weighted by molar-refractivity contribution is -0.141. The molecule has 0 aliphatic heterocycles. The first kappa shape index (κ1) is 12.8. The van der Waals surface area contributed by atoms with E-state index in [0.29, 0.717) is 5.65 Å². The lowest BCUT2D eigenvalue weighted by Gasteiger charge is -2.06. The maximum atomic E-state index is 12.6. The van der Waals surface area contributed by atoms with Gasteiger partial charge in [-0.05, 0) is 24.3 Å². The molecule has 20 heavy (non-hydrogen) atoms. The van der Waals surface area contributed by atoms with Gasteiger partial charge in [-0.15, -0.1) is 10.2 Å². The number of nitrogens with zero attached hydrogens (tertiary/aromatic N) is 5. The summed E-state index contributed by atoms with van der Waals surface area (Å²) in [6.45, 7) is 0. The Bertz CT molecular complexity index is 783. The van der Waals surface area contributed by atoms with Crippen LogP contribution in [0.5, 0.6) is 0 Å². The molecule has 0 atom stereocenters. The Morgan fingerprint density at radius 2 is 1.90 bits per heavy atom. The topological polar surface area (TPSA) is 56.0 Å². The highest BCUT2D eigenvalue weighted by atomic mass is 35.5. The Hall–Kier alpha value is -2.22. The van der Waals surface area contributed by atoms with Crippen LogP contribution in [0.3, 0.4) is 0 Å². The zero-order valence-corrected chi connectivity index (χ0v) is 10.4. The molecule has 0 aliphatic rings. The summed E-state index contributed by atoms with van der Waals surface area (Å²) in [4.78, 5) is 3.29. The fraction of sp³-hybridized carbons (Fsp3) is 0.0909. The molecule has 0 bridgehead atoms. The second kappa shape index (κ2) is 4.41. The van der Waals surface area contributed by atoms with Gasteiger partial charge in [0, 0.05) is 11.8 Å². The molecular weight excluding hydrogens is 295 g/mol. The standard InChI is InChI=1S/C11H5ClF3N5/c12-8-1-2-9-17-18-10(20(9)19-8)6-3-4-16-7(5-6)11(13,14)15/h1-5H. The van der Waals surface area contributed by atoms with Crippen molar-refractivity contribution in [2.45, 2.75) is 6.18 Å². The van der Waals surface area contributed by atoms with Gasteiger partial charge in [0.1, 0.15) is 10.8 Å². The van der Waals surface area contributed by atoms with E-state index in [4.69, 9.17) is 11.6 Å². The molecule has 3 aromatic rings. The van der Waals surface area contributed by atoms with Crippen molar-refractivity contribution in [1.29, 1.82) is 0 Å². The maximum absolute atomic E-state index is 12.6. The van der Waals surface area contributed by atoms with Crippen LogP contribution in [0.25, 0.3) is 17.0 Å². The third kappa shape index (κ3) is 2.18. The minimum absolute atomic E-state index is 0.162. The molecule has 0 aromatic carbocycles. The normalized spacial score (nSPS) is 12.0. The Labute approximate surface area is 115 Å². The number of alkyl halides is 3. The average molecular weight is 300 g/mol. The van der Waals surface area contributed by atoms with E-state index in [1.54, 1.807) is 6.07 Å². The smallest absolute Gasteiger partial charge is 0.252 e. The Kier molecular flexibility index (Phi) is 2.82. The second-order valence-electron chi connectivity index (χ2n) is 3.88. The molecule has 102 valence electrons. The SMILES string of the molecule is FC(F)(F)c1cc(-c2nnc3ccc(Cl)nn23)ccn1. The van der Waals surface area contributed by atoms with E-state index in [1.165, 1.54) is 16.6 Å². The quantitative estimate of drug-likeness (QED) is 0.693. The lowest BCUT2D eigenvalue weighted by Crippen LogP contribution is -2.08. The number of rotatable bonds is 1. The number of hydrogen-bond donors (Lipinski definition) is 0. The highest BCUT2D eigenvalue weighted by Gasteiger charge is 2.32. The lowest BCUT2D eigenvalue weighted by atomic mass is 10.2. The monoisotopic (exact) mass is 299 g/mol. The first-order chi connectivity index (χ1) is 9.45. The predicted octanol–water partition coefficient (Wildman–Crippen LogP) is 2.86. The van der Waals surface area contributed by atoms with Crippen LogP contribution in [0.1, 0.15) is 5.69 Å². The second-order valence-corrected chi connectivity index (χ2v) is 4.26. The molecule has 3 heterocycles. The van der Waals surface area contributed by atoms with Gasteiger partial charge in [0.2, 0.25) is 0 Å². The molecule has 9 heteroatoms. The van der Waals surface area contributed by atoms with Crippen LogP contribution in [-0.2, 0) is 6.18 Å². The Morgan fingerprint density at radius 1 is 1.10 bits per heavy atom. The van der Waals surface area contributed by atoms with Crippen molar-refractivity contribution in [3.05, 3.63) is 41.3 Å². The third-order valence-electron chi connectivity index (χ3n) is 2.54. The summed E-state index contributed by atoms with van der Waals surface area (Å²) >= 11 is 5.76. The Balaban J connectivity index is 2.18. The molecule has 0 saturated heterocycles. The van der Waals surface area contributed by atoms with Gasteiger partial charge in [-0.25, -0.2) is 0 Å². The van der Waals surface area contributed by atoms with Gasteiger partial charge >= 0.3 is 6.18 Å². The fourth-order valence-electron chi connectivity index (χ4n) is 1.67. The molecule has 0 spiro atoms. The summed E-state index contributed by atoms with van der Waals surface area (Å²) in [5.74, 6) is 0.162. The van der Waals surface area contributed by atoms with Gasteiger partial charge in [-0.3, -0.25) is 4.98 Å². The van der Waals surface area contributed by atoms with Crippen LogP contribution in [-0.4, -0.2) is 24.8 Å². The molecule has 0 amide bonds. The van der Waals surface area contributed by atoms with Gasteiger partial charge in [-0.1, -0.05) is 11.6 Å². The summed E-state index contributed by atoms with van der Waals surface area (Å²) in [6.07, 6.45) is -3.47. The first-order valence-electron chi connectivity index (χ1n) is 5.37. The highest BCUT2D eigenvalue weighted by Crippen LogP contribution is 2.30. The predicted molar refractivity (Wildman–Crippen MR) is 64.0 cm³/mol. The van der Waals surface area contributed by atoms with Crippen molar-refractivity contribution in [2.75, 3.05) is 0 Å². The molecule has 3 rings (SSSR count). The average Bonchev–Trinajstić information content (AvgIpc) is 2.81. The minimum Gasteiger partial charge on any atom is -0.252 e. The number of aromatic nitrogens is 5.